The van der Waals surface area contributed by atoms with E-state index in [1.807, 2.05) is 0 Å². The number of cyclic esters (lactones) is 1. The van der Waals surface area contributed by atoms with Crippen molar-refractivity contribution >= 4 is 23.6 Å². The number of hydrogen-bond donors (Lipinski definition) is 0. The summed E-state index contributed by atoms with van der Waals surface area (Å²) in [5.74, 6) is -0.504. The van der Waals surface area contributed by atoms with E-state index in [9.17, 15) is 9.59 Å². The summed E-state index contributed by atoms with van der Waals surface area (Å²) >= 11 is 0. The average Bonchev–Trinajstić information content (AvgIpc) is 3.65. The molecule has 2 aromatic heterocycles. The second kappa shape index (κ2) is 9.98. The fourth-order valence-electron chi connectivity index (χ4n) is 3.89. The Hall–Kier alpha value is -4.55. The molecule has 2 aliphatic heterocycles. The minimum absolute atomic E-state index is 0.00106. The molecular formula is C23H21FN6O6. The number of benzene rings is 1. The van der Waals surface area contributed by atoms with Crippen molar-refractivity contribution in [3.05, 3.63) is 60.4 Å². The summed E-state index contributed by atoms with van der Waals surface area (Å²) in [7, 11) is 1.22. The number of anilines is 1. The van der Waals surface area contributed by atoms with Crippen molar-refractivity contribution in [2.24, 2.45) is 5.16 Å². The maximum absolute atomic E-state index is 15.0. The zero-order chi connectivity index (χ0) is 25.1. The van der Waals surface area contributed by atoms with E-state index in [1.165, 1.54) is 24.3 Å². The van der Waals surface area contributed by atoms with Crippen LogP contribution in [-0.4, -0.2) is 70.4 Å². The van der Waals surface area contributed by atoms with Gasteiger partial charge in [0, 0.05) is 29.9 Å². The first kappa shape index (κ1) is 23.2. The first-order valence-electron chi connectivity index (χ1n) is 11.0. The van der Waals surface area contributed by atoms with E-state index in [4.69, 9.17) is 14.3 Å². The monoisotopic (exact) mass is 496 g/mol. The van der Waals surface area contributed by atoms with Gasteiger partial charge in [-0.25, -0.2) is 18.7 Å². The highest BCUT2D eigenvalue weighted by molar-refractivity contribution is 5.99. The molecule has 4 heterocycles. The van der Waals surface area contributed by atoms with Gasteiger partial charge in [0.05, 0.1) is 37.8 Å². The largest absolute Gasteiger partial charge is 0.508 e. The summed E-state index contributed by atoms with van der Waals surface area (Å²) in [6.45, 7) is 0.626. The molecule has 1 aromatic carbocycles. The fraction of sp³-hybridized carbons (Fsp3) is 0.304. The third-order valence-corrected chi connectivity index (χ3v) is 5.66. The minimum atomic E-state index is -0.796. The van der Waals surface area contributed by atoms with Crippen LogP contribution in [0.5, 0.6) is 0 Å². The predicted molar refractivity (Wildman–Crippen MR) is 122 cm³/mol. The normalized spacial score (nSPS) is 19.0. The number of rotatable bonds is 7. The molecule has 186 valence electrons. The third kappa shape index (κ3) is 4.94. The summed E-state index contributed by atoms with van der Waals surface area (Å²) in [6.07, 6.45) is 2.95. The molecule has 0 spiro atoms. The van der Waals surface area contributed by atoms with Gasteiger partial charge < -0.3 is 19.0 Å². The number of ether oxygens (including phenoxy) is 3. The summed E-state index contributed by atoms with van der Waals surface area (Å²) in [6, 6.07) is 7.98. The molecule has 2 atom stereocenters. The van der Waals surface area contributed by atoms with Crippen molar-refractivity contribution in [2.45, 2.75) is 25.2 Å². The van der Waals surface area contributed by atoms with E-state index in [0.717, 1.165) is 0 Å². The summed E-state index contributed by atoms with van der Waals surface area (Å²) in [5.41, 5.74) is 2.43. The lowest BCUT2D eigenvalue weighted by molar-refractivity contribution is 0.00495. The van der Waals surface area contributed by atoms with Gasteiger partial charge in [-0.2, -0.15) is 0 Å². The van der Waals surface area contributed by atoms with Gasteiger partial charge in [0.2, 0.25) is 0 Å². The van der Waals surface area contributed by atoms with E-state index < -0.39 is 30.3 Å². The molecule has 0 unspecified atom stereocenters. The van der Waals surface area contributed by atoms with Gasteiger partial charge in [0.1, 0.15) is 24.2 Å². The number of halogens is 1. The molecule has 1 saturated heterocycles. The summed E-state index contributed by atoms with van der Waals surface area (Å²) in [5, 5.41) is 11.6. The van der Waals surface area contributed by atoms with Crippen LogP contribution in [0.2, 0.25) is 0 Å². The van der Waals surface area contributed by atoms with Crippen LogP contribution in [0.25, 0.3) is 11.1 Å². The molecule has 36 heavy (non-hydrogen) atoms. The van der Waals surface area contributed by atoms with Gasteiger partial charge in [-0.15, -0.1) is 5.10 Å². The van der Waals surface area contributed by atoms with Crippen LogP contribution in [0.1, 0.15) is 12.1 Å². The Bertz CT molecular complexity index is 1280. The molecule has 0 saturated carbocycles. The zero-order valence-corrected chi connectivity index (χ0v) is 19.1. The summed E-state index contributed by atoms with van der Waals surface area (Å²) in [4.78, 5) is 34.4. The Balaban J connectivity index is 1.22. The van der Waals surface area contributed by atoms with Crippen molar-refractivity contribution in [2.75, 3.05) is 25.2 Å². The number of carbonyl (C=O) groups is 2. The van der Waals surface area contributed by atoms with Crippen LogP contribution in [0, 0.1) is 5.82 Å². The van der Waals surface area contributed by atoms with Crippen molar-refractivity contribution in [1.29, 1.82) is 0 Å². The van der Waals surface area contributed by atoms with E-state index in [0.29, 0.717) is 41.2 Å². The van der Waals surface area contributed by atoms with Crippen LogP contribution < -0.4 is 4.90 Å². The Kier molecular flexibility index (Phi) is 6.43. The molecule has 12 nitrogen and oxygen atoms in total. The Morgan fingerprint density at radius 2 is 2.14 bits per heavy atom. The summed E-state index contributed by atoms with van der Waals surface area (Å²) < 4.78 is 31.3. The minimum Gasteiger partial charge on any atom is -0.442 e. The lowest BCUT2D eigenvalue weighted by Gasteiger charge is -2.14. The number of carbonyl (C=O) groups excluding carboxylic acids is 2. The SMILES string of the molecule is COC(=O)OC[C@@H]1CC(c2ccc(-c3ccc(N4C[C@H](Cn5ccnn5)OC4=O)cc3F)cn2)=NO1. The molecule has 3 aromatic rings. The van der Waals surface area contributed by atoms with Gasteiger partial charge in [0.15, 0.2) is 6.10 Å². The Labute approximate surface area is 204 Å². The highest BCUT2D eigenvalue weighted by Crippen LogP contribution is 2.29. The van der Waals surface area contributed by atoms with Gasteiger partial charge >= 0.3 is 12.2 Å². The van der Waals surface area contributed by atoms with E-state index in [-0.39, 0.29) is 13.2 Å². The second-order valence-electron chi connectivity index (χ2n) is 8.07. The number of nitrogens with zero attached hydrogens (tertiary/aromatic N) is 6. The predicted octanol–water partition coefficient (Wildman–Crippen LogP) is 2.78. The van der Waals surface area contributed by atoms with Crippen molar-refractivity contribution in [3.8, 4) is 11.1 Å². The standard InChI is InChI=1S/C23H21FN6O6/c1-33-23(32)34-13-16-9-21(27-36-16)20-5-2-14(10-25-20)18-4-3-15(8-19(18)24)30-12-17(35-22(30)31)11-29-7-6-26-28-29/h2-8,10,16-17H,9,11-13H2,1H3/t16-,17-/m0/s1. The number of methoxy groups -OCH3 is 1. The van der Waals surface area contributed by atoms with Crippen molar-refractivity contribution < 1.29 is 33.0 Å². The Morgan fingerprint density at radius 3 is 2.86 bits per heavy atom. The number of pyridine rings is 1. The third-order valence-electron chi connectivity index (χ3n) is 5.66. The number of hydrogen-bond acceptors (Lipinski definition) is 10. The van der Waals surface area contributed by atoms with Gasteiger partial charge in [-0.3, -0.25) is 9.88 Å². The molecule has 13 heteroatoms. The van der Waals surface area contributed by atoms with Crippen LogP contribution in [0.15, 0.2) is 54.1 Å². The zero-order valence-electron chi connectivity index (χ0n) is 19.1. The van der Waals surface area contributed by atoms with Crippen LogP contribution in [0.3, 0.4) is 0 Å². The van der Waals surface area contributed by atoms with Gasteiger partial charge in [-0.1, -0.05) is 16.4 Å². The molecule has 1 amide bonds. The molecule has 0 bridgehead atoms. The van der Waals surface area contributed by atoms with Gasteiger partial charge in [0.25, 0.3) is 0 Å². The first-order valence-corrected chi connectivity index (χ1v) is 11.0. The smallest absolute Gasteiger partial charge is 0.442 e. The molecule has 2 aliphatic rings. The van der Waals surface area contributed by atoms with Crippen LogP contribution in [-0.2, 0) is 25.6 Å². The van der Waals surface area contributed by atoms with Gasteiger partial charge in [-0.05, 0) is 24.3 Å². The van der Waals surface area contributed by atoms with E-state index in [2.05, 4.69) is 25.2 Å². The lowest BCUT2D eigenvalue weighted by Crippen LogP contribution is -2.26. The van der Waals surface area contributed by atoms with Crippen LogP contribution >= 0.6 is 0 Å². The topological polar surface area (TPSA) is 130 Å². The maximum atomic E-state index is 15.0. The van der Waals surface area contributed by atoms with E-state index >= 15 is 4.39 Å². The molecular weight excluding hydrogens is 475 g/mol. The number of aromatic nitrogens is 4. The van der Waals surface area contributed by atoms with Crippen molar-refractivity contribution in [3.63, 3.8) is 0 Å². The van der Waals surface area contributed by atoms with Crippen molar-refractivity contribution in [1.82, 2.24) is 20.0 Å². The highest BCUT2D eigenvalue weighted by atomic mass is 19.1. The highest BCUT2D eigenvalue weighted by Gasteiger charge is 2.33. The number of oxime groups is 1. The van der Waals surface area contributed by atoms with E-state index in [1.54, 1.807) is 41.3 Å². The second-order valence-corrected chi connectivity index (χ2v) is 8.07. The van der Waals surface area contributed by atoms with Crippen LogP contribution in [0.4, 0.5) is 19.7 Å². The molecule has 0 radical (unpaired) electrons. The molecule has 5 rings (SSSR count). The lowest BCUT2D eigenvalue weighted by atomic mass is 10.0. The first-order chi connectivity index (χ1) is 17.5. The maximum Gasteiger partial charge on any atom is 0.508 e. The molecule has 1 fully saturated rings. The average molecular weight is 496 g/mol. The Morgan fingerprint density at radius 1 is 1.25 bits per heavy atom. The molecule has 0 aliphatic carbocycles. The fourth-order valence-corrected chi connectivity index (χ4v) is 3.89. The number of amides is 1. The quantitative estimate of drug-likeness (QED) is 0.453. The molecule has 0 N–H and O–H groups in total.